The van der Waals surface area contributed by atoms with Crippen LogP contribution in [0.5, 0.6) is 0 Å². The Kier molecular flexibility index (Phi) is 6.19. The number of hydrogen-bond donors (Lipinski definition) is 0. The van der Waals surface area contributed by atoms with Gasteiger partial charge in [0.15, 0.2) is 0 Å². The van der Waals surface area contributed by atoms with Gasteiger partial charge in [0.05, 0.1) is 5.75 Å². The third-order valence-corrected chi connectivity index (χ3v) is 4.57. The molecule has 2 rings (SSSR count). The number of carbonyl (C=O) groups is 1. The van der Waals surface area contributed by atoms with E-state index in [9.17, 15) is 4.79 Å². The van der Waals surface area contributed by atoms with E-state index in [-0.39, 0.29) is 0 Å². The maximum atomic E-state index is 12.0. The van der Waals surface area contributed by atoms with Gasteiger partial charge in [-0.15, -0.1) is 11.8 Å². The van der Waals surface area contributed by atoms with Crippen LogP contribution >= 0.6 is 11.8 Å². The number of piperidine rings is 1. The van der Waals surface area contributed by atoms with Crippen LogP contribution in [-0.2, 0) is 4.79 Å². The minimum Gasteiger partial charge on any atom is -0.342 e. The number of nitrogens with zero attached hydrogens (tertiary/aromatic N) is 1. The molecule has 0 N–H and O–H groups in total. The van der Waals surface area contributed by atoms with Gasteiger partial charge in [-0.25, -0.2) is 0 Å². The Morgan fingerprint density at radius 2 is 2.00 bits per heavy atom. The van der Waals surface area contributed by atoms with Crippen molar-refractivity contribution in [1.29, 1.82) is 0 Å². The fourth-order valence-electron chi connectivity index (χ4n) is 2.31. The van der Waals surface area contributed by atoms with Gasteiger partial charge in [0.2, 0.25) is 5.91 Å². The van der Waals surface area contributed by atoms with Crippen molar-refractivity contribution >= 4 is 23.7 Å². The van der Waals surface area contributed by atoms with E-state index in [0.29, 0.717) is 11.7 Å². The molecule has 0 atom stereocenters. The SMILES string of the molecule is CC1CCN(C(=O)CSC/C=C/c2ccccc2)CC1. The molecule has 1 fully saturated rings. The van der Waals surface area contributed by atoms with Crippen LogP contribution in [0.25, 0.3) is 6.08 Å². The second-order valence-electron chi connectivity index (χ2n) is 5.39. The van der Waals surface area contributed by atoms with Gasteiger partial charge in [-0.05, 0) is 24.3 Å². The first-order valence-electron chi connectivity index (χ1n) is 7.33. The highest BCUT2D eigenvalue weighted by molar-refractivity contribution is 8.00. The summed E-state index contributed by atoms with van der Waals surface area (Å²) in [4.78, 5) is 14.0. The van der Waals surface area contributed by atoms with E-state index in [1.807, 2.05) is 23.1 Å². The average molecular weight is 289 g/mol. The summed E-state index contributed by atoms with van der Waals surface area (Å²) in [5.74, 6) is 2.58. The zero-order valence-electron chi connectivity index (χ0n) is 12.1. The van der Waals surface area contributed by atoms with Crippen LogP contribution < -0.4 is 0 Å². The monoisotopic (exact) mass is 289 g/mol. The summed E-state index contributed by atoms with van der Waals surface area (Å²) in [6.07, 6.45) is 6.56. The fraction of sp³-hybridized carbons (Fsp3) is 0.471. The van der Waals surface area contributed by atoms with Crippen molar-refractivity contribution in [2.75, 3.05) is 24.6 Å². The van der Waals surface area contributed by atoms with Crippen LogP contribution in [0.1, 0.15) is 25.3 Å². The lowest BCUT2D eigenvalue weighted by Gasteiger charge is -2.30. The molecule has 1 heterocycles. The minimum atomic E-state index is 0.301. The van der Waals surface area contributed by atoms with Crippen LogP contribution in [0.2, 0.25) is 0 Å². The van der Waals surface area contributed by atoms with Gasteiger partial charge in [0.25, 0.3) is 0 Å². The van der Waals surface area contributed by atoms with Crippen molar-refractivity contribution < 1.29 is 4.79 Å². The van der Waals surface area contributed by atoms with Crippen molar-refractivity contribution in [2.24, 2.45) is 5.92 Å². The van der Waals surface area contributed by atoms with E-state index in [1.165, 1.54) is 5.56 Å². The lowest BCUT2D eigenvalue weighted by molar-refractivity contribution is -0.129. The molecule has 1 aromatic rings. The average Bonchev–Trinajstić information content (AvgIpc) is 2.48. The predicted molar refractivity (Wildman–Crippen MR) is 87.8 cm³/mol. The number of benzene rings is 1. The highest BCUT2D eigenvalue weighted by Gasteiger charge is 2.19. The molecular formula is C17H23NOS. The van der Waals surface area contributed by atoms with Crippen LogP contribution in [-0.4, -0.2) is 35.4 Å². The largest absolute Gasteiger partial charge is 0.342 e. The van der Waals surface area contributed by atoms with Crippen LogP contribution in [0.15, 0.2) is 36.4 Å². The standard InChI is InChI=1S/C17H23NOS/c1-15-9-11-18(12-10-15)17(19)14-20-13-5-8-16-6-3-2-4-7-16/h2-8,15H,9-14H2,1H3/b8-5+. The van der Waals surface area contributed by atoms with Crippen LogP contribution in [0.3, 0.4) is 0 Å². The van der Waals surface area contributed by atoms with Gasteiger partial charge in [-0.1, -0.05) is 49.4 Å². The van der Waals surface area contributed by atoms with Gasteiger partial charge in [0, 0.05) is 18.8 Å². The Morgan fingerprint density at radius 1 is 1.30 bits per heavy atom. The highest BCUT2D eigenvalue weighted by atomic mass is 32.2. The van der Waals surface area contributed by atoms with E-state index < -0.39 is 0 Å². The maximum absolute atomic E-state index is 12.0. The van der Waals surface area contributed by atoms with Gasteiger partial charge >= 0.3 is 0 Å². The first-order chi connectivity index (χ1) is 9.75. The van der Waals surface area contributed by atoms with Crippen molar-refractivity contribution in [3.8, 4) is 0 Å². The zero-order valence-corrected chi connectivity index (χ0v) is 12.9. The Labute approximate surface area is 126 Å². The molecule has 0 unspecified atom stereocenters. The summed E-state index contributed by atoms with van der Waals surface area (Å²) < 4.78 is 0. The molecular weight excluding hydrogens is 266 g/mol. The molecule has 1 aromatic carbocycles. The first kappa shape index (κ1) is 15.2. The smallest absolute Gasteiger partial charge is 0.232 e. The number of likely N-dealkylation sites (tertiary alicyclic amines) is 1. The summed E-state index contributed by atoms with van der Waals surface area (Å²) in [5.41, 5.74) is 1.21. The van der Waals surface area contributed by atoms with E-state index in [4.69, 9.17) is 0 Å². The summed E-state index contributed by atoms with van der Waals surface area (Å²) in [5, 5.41) is 0. The third kappa shape index (κ3) is 5.04. The lowest BCUT2D eigenvalue weighted by Crippen LogP contribution is -2.38. The molecule has 20 heavy (non-hydrogen) atoms. The molecule has 1 aliphatic heterocycles. The Hall–Kier alpha value is -1.22. The molecule has 0 saturated carbocycles. The predicted octanol–water partition coefficient (Wildman–Crippen LogP) is 3.69. The molecule has 0 aliphatic carbocycles. The van der Waals surface area contributed by atoms with Gasteiger partial charge in [-0.2, -0.15) is 0 Å². The number of hydrogen-bond acceptors (Lipinski definition) is 2. The van der Waals surface area contributed by atoms with Crippen molar-refractivity contribution in [3.63, 3.8) is 0 Å². The normalized spacial score (nSPS) is 16.8. The molecule has 2 nitrogen and oxygen atoms in total. The molecule has 0 bridgehead atoms. The van der Waals surface area contributed by atoms with E-state index in [2.05, 4.69) is 31.2 Å². The highest BCUT2D eigenvalue weighted by Crippen LogP contribution is 2.17. The third-order valence-electron chi connectivity index (χ3n) is 3.69. The molecule has 0 aromatic heterocycles. The molecule has 1 amide bonds. The van der Waals surface area contributed by atoms with Gasteiger partial charge in [0.1, 0.15) is 0 Å². The topological polar surface area (TPSA) is 20.3 Å². The summed E-state index contributed by atoms with van der Waals surface area (Å²) in [7, 11) is 0. The van der Waals surface area contributed by atoms with Crippen LogP contribution in [0.4, 0.5) is 0 Å². The number of carbonyl (C=O) groups excluding carboxylic acids is 1. The Morgan fingerprint density at radius 3 is 2.70 bits per heavy atom. The molecule has 1 aliphatic rings. The van der Waals surface area contributed by atoms with Crippen molar-refractivity contribution in [1.82, 2.24) is 4.90 Å². The van der Waals surface area contributed by atoms with Crippen LogP contribution in [0, 0.1) is 5.92 Å². The molecule has 0 spiro atoms. The lowest BCUT2D eigenvalue weighted by atomic mass is 9.99. The fourth-order valence-corrected chi connectivity index (χ4v) is 3.02. The molecule has 0 radical (unpaired) electrons. The van der Waals surface area contributed by atoms with Gasteiger partial charge in [-0.3, -0.25) is 4.79 Å². The molecule has 3 heteroatoms. The minimum absolute atomic E-state index is 0.301. The van der Waals surface area contributed by atoms with E-state index >= 15 is 0 Å². The van der Waals surface area contributed by atoms with E-state index in [0.717, 1.165) is 37.6 Å². The Balaban J connectivity index is 1.63. The number of rotatable bonds is 5. The first-order valence-corrected chi connectivity index (χ1v) is 8.48. The second kappa shape index (κ2) is 8.15. The second-order valence-corrected chi connectivity index (χ2v) is 6.42. The summed E-state index contributed by atoms with van der Waals surface area (Å²) >= 11 is 1.70. The summed E-state index contributed by atoms with van der Waals surface area (Å²) in [6.45, 7) is 4.16. The number of thioether (sulfide) groups is 1. The molecule has 1 saturated heterocycles. The quantitative estimate of drug-likeness (QED) is 0.771. The molecule has 108 valence electrons. The van der Waals surface area contributed by atoms with E-state index in [1.54, 1.807) is 11.8 Å². The summed E-state index contributed by atoms with van der Waals surface area (Å²) in [6, 6.07) is 10.3. The maximum Gasteiger partial charge on any atom is 0.232 e. The number of amides is 1. The Bertz CT molecular complexity index is 436. The van der Waals surface area contributed by atoms with Crippen molar-refractivity contribution in [2.45, 2.75) is 19.8 Å². The van der Waals surface area contributed by atoms with Gasteiger partial charge < -0.3 is 4.90 Å². The zero-order chi connectivity index (χ0) is 14.2. The van der Waals surface area contributed by atoms with Crippen molar-refractivity contribution in [3.05, 3.63) is 42.0 Å².